The highest BCUT2D eigenvalue weighted by atomic mass is 79.9. The summed E-state index contributed by atoms with van der Waals surface area (Å²) in [6.07, 6.45) is 3.39. The smallest absolute Gasteiger partial charge is 0.0595 e. The Kier molecular flexibility index (Phi) is 6.17. The summed E-state index contributed by atoms with van der Waals surface area (Å²) < 4.78 is 0. The van der Waals surface area contributed by atoms with Gasteiger partial charge < -0.3 is 0 Å². The predicted molar refractivity (Wildman–Crippen MR) is 77.0 cm³/mol. The van der Waals surface area contributed by atoms with E-state index in [0.717, 1.165) is 18.8 Å². The number of alkyl halides is 1. The molecule has 3 heteroatoms. The molecule has 1 rings (SSSR count). The standard InChI is InChI=1S/C13H17BrCl2/c1-9(2)7-11(14)5-3-10-4-6-12(15)13(16)8-10/h4,6,8-9,11H,3,5,7H2,1-2H3. The molecule has 0 aliphatic carbocycles. The van der Waals surface area contributed by atoms with E-state index in [9.17, 15) is 0 Å². The van der Waals surface area contributed by atoms with Crippen LogP contribution in [0, 0.1) is 5.92 Å². The van der Waals surface area contributed by atoms with Crippen LogP contribution in [0.1, 0.15) is 32.3 Å². The fraction of sp³-hybridized carbons (Fsp3) is 0.538. The Hall–Kier alpha value is 0.280. The molecule has 0 bridgehead atoms. The number of aryl methyl sites for hydroxylation is 1. The van der Waals surface area contributed by atoms with E-state index in [4.69, 9.17) is 23.2 Å². The van der Waals surface area contributed by atoms with Crippen molar-refractivity contribution in [2.75, 3.05) is 0 Å². The minimum Gasteiger partial charge on any atom is -0.0890 e. The van der Waals surface area contributed by atoms with Gasteiger partial charge in [-0.1, -0.05) is 59.0 Å². The Balaban J connectivity index is 2.45. The molecule has 90 valence electrons. The van der Waals surface area contributed by atoms with Gasteiger partial charge in [0.05, 0.1) is 10.0 Å². The molecule has 1 aromatic rings. The van der Waals surface area contributed by atoms with E-state index in [-0.39, 0.29) is 0 Å². The topological polar surface area (TPSA) is 0 Å². The summed E-state index contributed by atoms with van der Waals surface area (Å²) >= 11 is 15.6. The van der Waals surface area contributed by atoms with Crippen LogP contribution in [-0.2, 0) is 6.42 Å². The first-order valence-electron chi connectivity index (χ1n) is 5.57. The van der Waals surface area contributed by atoms with Crippen LogP contribution in [0.5, 0.6) is 0 Å². The molecule has 0 aliphatic rings. The summed E-state index contributed by atoms with van der Waals surface area (Å²) in [5.41, 5.74) is 1.25. The van der Waals surface area contributed by atoms with Crippen molar-refractivity contribution in [2.24, 2.45) is 5.92 Å². The van der Waals surface area contributed by atoms with Crippen LogP contribution in [0.15, 0.2) is 18.2 Å². The molecule has 0 radical (unpaired) electrons. The van der Waals surface area contributed by atoms with Crippen molar-refractivity contribution < 1.29 is 0 Å². The van der Waals surface area contributed by atoms with E-state index in [0.29, 0.717) is 14.9 Å². The Morgan fingerprint density at radius 2 is 1.88 bits per heavy atom. The van der Waals surface area contributed by atoms with Crippen molar-refractivity contribution in [1.29, 1.82) is 0 Å². The molecule has 0 saturated carbocycles. The summed E-state index contributed by atoms with van der Waals surface area (Å²) in [7, 11) is 0. The maximum absolute atomic E-state index is 5.97. The number of halogens is 3. The van der Waals surface area contributed by atoms with E-state index < -0.39 is 0 Å². The van der Waals surface area contributed by atoms with Crippen molar-refractivity contribution >= 4 is 39.1 Å². The average molecular weight is 324 g/mol. The van der Waals surface area contributed by atoms with Crippen LogP contribution < -0.4 is 0 Å². The fourth-order valence-corrected chi connectivity index (χ4v) is 2.95. The highest BCUT2D eigenvalue weighted by Gasteiger charge is 2.07. The van der Waals surface area contributed by atoms with Crippen molar-refractivity contribution in [2.45, 2.75) is 37.9 Å². The second-order valence-corrected chi connectivity index (χ2v) is 6.62. The molecule has 0 N–H and O–H groups in total. The molecule has 0 spiro atoms. The zero-order chi connectivity index (χ0) is 12.1. The first kappa shape index (κ1) is 14.3. The van der Waals surface area contributed by atoms with E-state index in [2.05, 4.69) is 29.8 Å². The summed E-state index contributed by atoms with van der Waals surface area (Å²) in [6, 6.07) is 5.87. The van der Waals surface area contributed by atoms with E-state index >= 15 is 0 Å². The third kappa shape index (κ3) is 5.07. The zero-order valence-electron chi connectivity index (χ0n) is 9.64. The molecular weight excluding hydrogens is 307 g/mol. The van der Waals surface area contributed by atoms with Crippen molar-refractivity contribution in [3.8, 4) is 0 Å². The van der Waals surface area contributed by atoms with Gasteiger partial charge in [-0.2, -0.15) is 0 Å². The first-order valence-corrected chi connectivity index (χ1v) is 7.24. The second-order valence-electron chi connectivity index (χ2n) is 4.51. The monoisotopic (exact) mass is 322 g/mol. The van der Waals surface area contributed by atoms with Crippen molar-refractivity contribution in [3.05, 3.63) is 33.8 Å². The Morgan fingerprint density at radius 3 is 2.44 bits per heavy atom. The predicted octanol–water partition coefficient (Wildman–Crippen LogP) is 5.74. The van der Waals surface area contributed by atoms with Crippen molar-refractivity contribution in [1.82, 2.24) is 0 Å². The van der Waals surface area contributed by atoms with Crippen LogP contribution in [0.4, 0.5) is 0 Å². The van der Waals surface area contributed by atoms with Gasteiger partial charge >= 0.3 is 0 Å². The number of rotatable bonds is 5. The van der Waals surface area contributed by atoms with Gasteiger partial charge in [0.15, 0.2) is 0 Å². The molecule has 0 saturated heterocycles. The molecule has 0 amide bonds. The van der Waals surface area contributed by atoms with E-state index in [1.807, 2.05) is 18.2 Å². The molecule has 0 aromatic heterocycles. The fourth-order valence-electron chi connectivity index (χ4n) is 1.65. The molecule has 0 fully saturated rings. The lowest BCUT2D eigenvalue weighted by molar-refractivity contribution is 0.554. The van der Waals surface area contributed by atoms with Crippen LogP contribution in [0.25, 0.3) is 0 Å². The van der Waals surface area contributed by atoms with Gasteiger partial charge in [-0.05, 0) is 42.9 Å². The van der Waals surface area contributed by atoms with Crippen LogP contribution in [0.3, 0.4) is 0 Å². The van der Waals surface area contributed by atoms with E-state index in [1.54, 1.807) is 0 Å². The average Bonchev–Trinajstić information content (AvgIpc) is 2.19. The van der Waals surface area contributed by atoms with Crippen LogP contribution in [-0.4, -0.2) is 4.83 Å². The van der Waals surface area contributed by atoms with Gasteiger partial charge in [-0.25, -0.2) is 0 Å². The molecule has 0 heterocycles. The summed E-state index contributed by atoms with van der Waals surface area (Å²) in [5, 5.41) is 1.28. The SMILES string of the molecule is CC(C)CC(Br)CCc1ccc(Cl)c(Cl)c1. The minimum atomic E-state index is 0.585. The zero-order valence-corrected chi connectivity index (χ0v) is 12.7. The summed E-state index contributed by atoms with van der Waals surface area (Å²) in [4.78, 5) is 0.585. The largest absolute Gasteiger partial charge is 0.0890 e. The normalized spacial score (nSPS) is 13.1. The highest BCUT2D eigenvalue weighted by Crippen LogP contribution is 2.24. The Bertz CT molecular complexity index is 337. The molecule has 1 unspecified atom stereocenters. The molecule has 16 heavy (non-hydrogen) atoms. The van der Waals surface area contributed by atoms with Gasteiger partial charge in [0.1, 0.15) is 0 Å². The number of benzene rings is 1. The lowest BCUT2D eigenvalue weighted by Gasteiger charge is -2.12. The lowest BCUT2D eigenvalue weighted by Crippen LogP contribution is -2.04. The maximum Gasteiger partial charge on any atom is 0.0595 e. The minimum absolute atomic E-state index is 0.585. The number of hydrogen-bond donors (Lipinski definition) is 0. The molecule has 1 aromatic carbocycles. The molecule has 0 nitrogen and oxygen atoms in total. The third-order valence-corrected chi connectivity index (χ3v) is 4.03. The molecule has 1 atom stereocenters. The van der Waals surface area contributed by atoms with Gasteiger partial charge in [0.2, 0.25) is 0 Å². The summed E-state index contributed by atoms with van der Waals surface area (Å²) in [5.74, 6) is 0.734. The van der Waals surface area contributed by atoms with Gasteiger partial charge in [0, 0.05) is 4.83 Å². The molecule has 0 aliphatic heterocycles. The Labute approximate surface area is 116 Å². The first-order chi connectivity index (χ1) is 7.49. The van der Waals surface area contributed by atoms with Gasteiger partial charge in [-0.15, -0.1) is 0 Å². The Morgan fingerprint density at radius 1 is 1.19 bits per heavy atom. The van der Waals surface area contributed by atoms with Crippen molar-refractivity contribution in [3.63, 3.8) is 0 Å². The highest BCUT2D eigenvalue weighted by molar-refractivity contribution is 9.09. The maximum atomic E-state index is 5.97. The number of hydrogen-bond acceptors (Lipinski definition) is 0. The van der Waals surface area contributed by atoms with Crippen LogP contribution >= 0.6 is 39.1 Å². The second kappa shape index (κ2) is 6.88. The van der Waals surface area contributed by atoms with Gasteiger partial charge in [-0.3, -0.25) is 0 Å². The lowest BCUT2D eigenvalue weighted by atomic mass is 10.0. The van der Waals surface area contributed by atoms with Crippen LogP contribution in [0.2, 0.25) is 10.0 Å². The third-order valence-electron chi connectivity index (χ3n) is 2.46. The molecular formula is C13H17BrCl2. The summed E-state index contributed by atoms with van der Waals surface area (Å²) in [6.45, 7) is 4.49. The van der Waals surface area contributed by atoms with E-state index in [1.165, 1.54) is 12.0 Å². The quantitative estimate of drug-likeness (QED) is 0.606. The van der Waals surface area contributed by atoms with Gasteiger partial charge in [0.25, 0.3) is 0 Å².